The number of nitrogens with zero attached hydrogens (tertiary/aromatic N) is 3. The quantitative estimate of drug-likeness (QED) is 0.802. The van der Waals surface area contributed by atoms with Gasteiger partial charge in [-0.05, 0) is 37.3 Å². The fourth-order valence-electron chi connectivity index (χ4n) is 3.22. The molecule has 134 valence electrons. The van der Waals surface area contributed by atoms with Crippen LogP contribution < -0.4 is 4.74 Å². The number of hydrogen-bond acceptors (Lipinski definition) is 4. The fourth-order valence-corrected chi connectivity index (χ4v) is 3.22. The molecule has 1 fully saturated rings. The van der Waals surface area contributed by atoms with Crippen LogP contribution in [-0.4, -0.2) is 35.0 Å². The average molecular weight is 349 g/mol. The van der Waals surface area contributed by atoms with E-state index in [0.29, 0.717) is 24.4 Å². The Bertz CT molecular complexity index is 770. The van der Waals surface area contributed by atoms with Gasteiger partial charge in [0.1, 0.15) is 6.10 Å². The smallest absolute Gasteiger partial charge is 0.222 e. The van der Waals surface area contributed by atoms with Crippen LogP contribution in [0.3, 0.4) is 0 Å². The van der Waals surface area contributed by atoms with Crippen molar-refractivity contribution in [3.05, 3.63) is 59.8 Å². The predicted molar refractivity (Wildman–Crippen MR) is 98.6 cm³/mol. The maximum absolute atomic E-state index is 12.5. The molecule has 0 spiro atoms. The molecule has 0 radical (unpaired) electrons. The van der Waals surface area contributed by atoms with Gasteiger partial charge in [0.15, 0.2) is 0 Å². The van der Waals surface area contributed by atoms with Crippen LogP contribution >= 0.6 is 0 Å². The lowest BCUT2D eigenvalue weighted by atomic mass is 10.1. The molecule has 5 nitrogen and oxygen atoms in total. The summed E-state index contributed by atoms with van der Waals surface area (Å²) in [5.41, 5.74) is 1.79. The topological polar surface area (TPSA) is 66.2 Å². The zero-order valence-corrected chi connectivity index (χ0v) is 14.8. The van der Waals surface area contributed by atoms with Crippen LogP contribution in [0.4, 0.5) is 0 Å². The van der Waals surface area contributed by atoms with Crippen molar-refractivity contribution in [1.29, 1.82) is 5.26 Å². The molecule has 0 bridgehead atoms. The van der Waals surface area contributed by atoms with E-state index in [9.17, 15) is 4.79 Å². The zero-order chi connectivity index (χ0) is 18.2. The molecular weight excluding hydrogens is 326 g/mol. The molecule has 1 aliphatic rings. The Kier molecular flexibility index (Phi) is 6.21. The van der Waals surface area contributed by atoms with E-state index in [1.54, 1.807) is 18.3 Å². The standard InChI is InChI=1S/C21H23N3O2/c22-15-18-11-12-23-20(14-18)26-19-9-5-13-24(16-19)21(25)10-4-8-17-6-2-1-3-7-17/h1-3,6-7,11-12,14,19H,4-5,8-10,13,16H2/t19-/m0/s1. The number of aromatic nitrogens is 1. The molecule has 1 aliphatic heterocycles. The Morgan fingerprint density at radius 2 is 2.15 bits per heavy atom. The third kappa shape index (κ3) is 5.06. The molecule has 0 unspecified atom stereocenters. The van der Waals surface area contributed by atoms with E-state index in [0.717, 1.165) is 32.2 Å². The molecule has 2 aromatic rings. The Morgan fingerprint density at radius 3 is 2.96 bits per heavy atom. The predicted octanol–water partition coefficient (Wildman–Crippen LogP) is 3.35. The van der Waals surface area contributed by atoms with Gasteiger partial charge in [-0.15, -0.1) is 0 Å². The molecule has 1 atom stereocenters. The monoisotopic (exact) mass is 349 g/mol. The number of likely N-dealkylation sites (tertiary alicyclic amines) is 1. The van der Waals surface area contributed by atoms with Gasteiger partial charge in [0.2, 0.25) is 11.8 Å². The first kappa shape index (κ1) is 17.9. The SMILES string of the molecule is N#Cc1ccnc(O[C@H]2CCCN(C(=O)CCCc3ccccc3)C2)c1. The Labute approximate surface area is 154 Å². The number of rotatable bonds is 6. The summed E-state index contributed by atoms with van der Waals surface area (Å²) in [5, 5.41) is 8.96. The van der Waals surface area contributed by atoms with Gasteiger partial charge in [0.25, 0.3) is 0 Å². The van der Waals surface area contributed by atoms with Gasteiger partial charge in [-0.3, -0.25) is 4.79 Å². The van der Waals surface area contributed by atoms with E-state index < -0.39 is 0 Å². The van der Waals surface area contributed by atoms with E-state index in [-0.39, 0.29) is 12.0 Å². The number of benzene rings is 1. The molecule has 5 heteroatoms. The number of aryl methyl sites for hydroxylation is 1. The molecule has 1 saturated heterocycles. The normalized spacial score (nSPS) is 16.7. The van der Waals surface area contributed by atoms with E-state index >= 15 is 0 Å². The summed E-state index contributed by atoms with van der Waals surface area (Å²) in [5.74, 6) is 0.639. The molecule has 1 aromatic heterocycles. The lowest BCUT2D eigenvalue weighted by molar-refractivity contribution is -0.133. The van der Waals surface area contributed by atoms with Crippen molar-refractivity contribution in [3.63, 3.8) is 0 Å². The first-order chi connectivity index (χ1) is 12.7. The highest BCUT2D eigenvalue weighted by Crippen LogP contribution is 2.18. The van der Waals surface area contributed by atoms with Crippen LogP contribution in [0.5, 0.6) is 5.88 Å². The fraction of sp³-hybridized carbons (Fsp3) is 0.381. The third-order valence-corrected chi connectivity index (χ3v) is 4.58. The van der Waals surface area contributed by atoms with E-state index in [2.05, 4.69) is 23.2 Å². The number of nitriles is 1. The van der Waals surface area contributed by atoms with Crippen LogP contribution in [0.25, 0.3) is 0 Å². The number of carbonyl (C=O) groups is 1. The minimum atomic E-state index is -0.0664. The van der Waals surface area contributed by atoms with Gasteiger partial charge in [0, 0.05) is 25.2 Å². The van der Waals surface area contributed by atoms with Gasteiger partial charge in [-0.1, -0.05) is 30.3 Å². The van der Waals surface area contributed by atoms with Crippen molar-refractivity contribution in [3.8, 4) is 11.9 Å². The second-order valence-corrected chi connectivity index (χ2v) is 6.56. The number of ether oxygens (including phenoxy) is 1. The highest BCUT2D eigenvalue weighted by Gasteiger charge is 2.24. The van der Waals surface area contributed by atoms with Gasteiger partial charge < -0.3 is 9.64 Å². The molecule has 1 amide bonds. The van der Waals surface area contributed by atoms with Crippen molar-refractivity contribution in [1.82, 2.24) is 9.88 Å². The molecule has 0 saturated carbocycles. The molecule has 0 N–H and O–H groups in total. The summed E-state index contributed by atoms with van der Waals surface area (Å²) in [4.78, 5) is 18.6. The van der Waals surface area contributed by atoms with E-state index in [1.807, 2.05) is 23.1 Å². The highest BCUT2D eigenvalue weighted by molar-refractivity contribution is 5.76. The van der Waals surface area contributed by atoms with Crippen molar-refractivity contribution in [2.45, 2.75) is 38.2 Å². The highest BCUT2D eigenvalue weighted by atomic mass is 16.5. The minimum absolute atomic E-state index is 0.0664. The lowest BCUT2D eigenvalue weighted by Crippen LogP contribution is -2.44. The molecule has 1 aromatic carbocycles. The van der Waals surface area contributed by atoms with E-state index in [1.165, 1.54) is 5.56 Å². The van der Waals surface area contributed by atoms with Crippen molar-refractivity contribution in [2.75, 3.05) is 13.1 Å². The zero-order valence-electron chi connectivity index (χ0n) is 14.8. The Hall–Kier alpha value is -2.87. The number of piperidine rings is 1. The first-order valence-corrected chi connectivity index (χ1v) is 9.09. The summed E-state index contributed by atoms with van der Waals surface area (Å²) in [6.07, 6.45) is 5.66. The maximum atomic E-state index is 12.5. The van der Waals surface area contributed by atoms with Gasteiger partial charge in [0.05, 0.1) is 18.2 Å². The van der Waals surface area contributed by atoms with Crippen LogP contribution in [0, 0.1) is 11.3 Å². The molecule has 0 aliphatic carbocycles. The van der Waals surface area contributed by atoms with Crippen molar-refractivity contribution < 1.29 is 9.53 Å². The van der Waals surface area contributed by atoms with Crippen LogP contribution in [0.2, 0.25) is 0 Å². The van der Waals surface area contributed by atoms with Crippen LogP contribution in [-0.2, 0) is 11.2 Å². The first-order valence-electron chi connectivity index (χ1n) is 9.09. The van der Waals surface area contributed by atoms with E-state index in [4.69, 9.17) is 10.00 Å². The number of pyridine rings is 1. The Balaban J connectivity index is 1.48. The van der Waals surface area contributed by atoms with Crippen molar-refractivity contribution >= 4 is 5.91 Å². The van der Waals surface area contributed by atoms with Gasteiger partial charge in [-0.25, -0.2) is 4.98 Å². The maximum Gasteiger partial charge on any atom is 0.222 e. The summed E-state index contributed by atoms with van der Waals surface area (Å²) < 4.78 is 5.90. The summed E-state index contributed by atoms with van der Waals surface area (Å²) in [6, 6.07) is 15.6. The lowest BCUT2D eigenvalue weighted by Gasteiger charge is -2.32. The summed E-state index contributed by atoms with van der Waals surface area (Å²) >= 11 is 0. The van der Waals surface area contributed by atoms with Crippen LogP contribution in [0.15, 0.2) is 48.7 Å². The average Bonchev–Trinajstić information content (AvgIpc) is 2.69. The molecule has 26 heavy (non-hydrogen) atoms. The van der Waals surface area contributed by atoms with Gasteiger partial charge in [-0.2, -0.15) is 5.26 Å². The molecule has 3 rings (SSSR count). The third-order valence-electron chi connectivity index (χ3n) is 4.58. The molecular formula is C21H23N3O2. The number of carbonyl (C=O) groups excluding carboxylic acids is 1. The summed E-state index contributed by atoms with van der Waals surface area (Å²) in [6.45, 7) is 1.37. The Morgan fingerprint density at radius 1 is 1.31 bits per heavy atom. The van der Waals surface area contributed by atoms with Crippen molar-refractivity contribution in [2.24, 2.45) is 0 Å². The molecule has 2 heterocycles. The minimum Gasteiger partial charge on any atom is -0.472 e. The number of amides is 1. The second kappa shape index (κ2) is 9.00. The summed E-state index contributed by atoms with van der Waals surface area (Å²) in [7, 11) is 0. The number of hydrogen-bond donors (Lipinski definition) is 0. The largest absolute Gasteiger partial charge is 0.472 e. The van der Waals surface area contributed by atoms with Crippen LogP contribution in [0.1, 0.15) is 36.8 Å². The second-order valence-electron chi connectivity index (χ2n) is 6.56. The van der Waals surface area contributed by atoms with Gasteiger partial charge >= 0.3 is 0 Å².